The van der Waals surface area contributed by atoms with Gasteiger partial charge in [0.15, 0.2) is 0 Å². The molecule has 154 valence electrons. The van der Waals surface area contributed by atoms with E-state index in [4.69, 9.17) is 4.98 Å². The van der Waals surface area contributed by atoms with Gasteiger partial charge in [-0.3, -0.25) is 9.36 Å². The average molecular weight is 408 g/mol. The van der Waals surface area contributed by atoms with E-state index in [2.05, 4.69) is 40.7 Å². The maximum Gasteiger partial charge on any atom is 0.246 e. The molecule has 0 saturated carbocycles. The molecule has 3 aromatic carbocycles. The molecule has 4 nitrogen and oxygen atoms in total. The van der Waals surface area contributed by atoms with Gasteiger partial charge in [0, 0.05) is 23.2 Å². The Bertz CT molecular complexity index is 1180. The van der Waals surface area contributed by atoms with Crippen molar-refractivity contribution in [3.05, 3.63) is 120 Å². The van der Waals surface area contributed by atoms with Crippen LogP contribution in [0.3, 0.4) is 0 Å². The zero-order chi connectivity index (χ0) is 21.6. The number of carbonyl (C=O) groups excluding carboxylic acids is 1. The van der Waals surface area contributed by atoms with Crippen molar-refractivity contribution in [3.63, 3.8) is 0 Å². The molecule has 1 aromatic heterocycles. The molecule has 1 N–H and O–H groups in total. The van der Waals surface area contributed by atoms with Crippen molar-refractivity contribution in [1.82, 2.24) is 14.9 Å². The summed E-state index contributed by atoms with van der Waals surface area (Å²) in [6.45, 7) is 5.82. The number of carbonyl (C=O) groups is 1. The largest absolute Gasteiger partial charge is 0.347 e. The van der Waals surface area contributed by atoms with Crippen molar-refractivity contribution in [2.24, 2.45) is 0 Å². The monoisotopic (exact) mass is 407 g/mol. The van der Waals surface area contributed by atoms with Gasteiger partial charge in [-0.1, -0.05) is 85.4 Å². The fraction of sp³-hybridized carbons (Fsp3) is 0.111. The van der Waals surface area contributed by atoms with Crippen molar-refractivity contribution in [3.8, 4) is 16.9 Å². The molecule has 1 heterocycles. The second-order valence-corrected chi connectivity index (χ2v) is 7.49. The predicted molar refractivity (Wildman–Crippen MR) is 125 cm³/mol. The molecule has 0 fully saturated rings. The van der Waals surface area contributed by atoms with Gasteiger partial charge >= 0.3 is 0 Å². The number of imidazole rings is 1. The summed E-state index contributed by atoms with van der Waals surface area (Å²) < 4.78 is 2.16. The van der Waals surface area contributed by atoms with Crippen LogP contribution in [0.4, 0.5) is 0 Å². The normalized spacial score (nSPS) is 10.6. The summed E-state index contributed by atoms with van der Waals surface area (Å²) in [5.74, 6) is 0.764. The minimum absolute atomic E-state index is 0.163. The lowest BCUT2D eigenvalue weighted by atomic mass is 10.1. The van der Waals surface area contributed by atoms with Crippen LogP contribution in [-0.2, 0) is 17.8 Å². The number of amides is 1. The molecule has 0 bridgehead atoms. The summed E-state index contributed by atoms with van der Waals surface area (Å²) in [6, 6.07) is 30.6. The standard InChI is InChI=1S/C27H25N3O/c1-20(2)27(31)28-19-24-26(22-14-8-4-9-15-22)29-25(18-21-12-6-3-7-13-21)30(24)23-16-10-5-11-17-23/h3-17H,1,18-19H2,2H3,(H,28,31). The third kappa shape index (κ3) is 4.64. The summed E-state index contributed by atoms with van der Waals surface area (Å²) in [5, 5.41) is 3.00. The Morgan fingerprint density at radius 3 is 2.10 bits per heavy atom. The van der Waals surface area contributed by atoms with Gasteiger partial charge in [0.25, 0.3) is 0 Å². The molecule has 0 aliphatic heterocycles. The molecule has 0 aliphatic rings. The highest BCUT2D eigenvalue weighted by Crippen LogP contribution is 2.28. The number of nitrogens with one attached hydrogen (secondary N) is 1. The SMILES string of the molecule is C=C(C)C(=O)NCc1c(-c2ccccc2)nc(Cc2ccccc2)n1-c1ccccc1. The van der Waals surface area contributed by atoms with Gasteiger partial charge < -0.3 is 5.32 Å². The number of para-hydroxylation sites is 1. The van der Waals surface area contributed by atoms with Crippen molar-refractivity contribution in [1.29, 1.82) is 0 Å². The van der Waals surface area contributed by atoms with Gasteiger partial charge in [0.2, 0.25) is 5.91 Å². The van der Waals surface area contributed by atoms with E-state index in [1.54, 1.807) is 6.92 Å². The summed E-state index contributed by atoms with van der Waals surface area (Å²) in [5.41, 5.74) is 5.52. The lowest BCUT2D eigenvalue weighted by molar-refractivity contribution is -0.117. The molecule has 1 amide bonds. The Balaban J connectivity index is 1.87. The minimum Gasteiger partial charge on any atom is -0.347 e. The Hall–Kier alpha value is -3.92. The van der Waals surface area contributed by atoms with E-state index in [0.717, 1.165) is 28.5 Å². The highest BCUT2D eigenvalue weighted by atomic mass is 16.1. The molecule has 0 radical (unpaired) electrons. The number of benzene rings is 3. The first-order valence-electron chi connectivity index (χ1n) is 10.3. The van der Waals surface area contributed by atoms with Crippen molar-refractivity contribution < 1.29 is 4.79 Å². The third-order valence-electron chi connectivity index (χ3n) is 5.11. The maximum absolute atomic E-state index is 12.3. The molecule has 0 saturated heterocycles. The molecule has 0 aliphatic carbocycles. The van der Waals surface area contributed by atoms with Gasteiger partial charge in [-0.2, -0.15) is 0 Å². The molecule has 4 heteroatoms. The first-order valence-corrected chi connectivity index (χ1v) is 10.3. The van der Waals surface area contributed by atoms with Gasteiger partial charge in [-0.25, -0.2) is 4.98 Å². The van der Waals surface area contributed by atoms with Crippen molar-refractivity contribution in [2.45, 2.75) is 19.9 Å². The Morgan fingerprint density at radius 1 is 0.903 bits per heavy atom. The lowest BCUT2D eigenvalue weighted by Gasteiger charge is -2.14. The second-order valence-electron chi connectivity index (χ2n) is 7.49. The molecular weight excluding hydrogens is 382 g/mol. The summed E-state index contributed by atoms with van der Waals surface area (Å²) in [6.07, 6.45) is 0.685. The highest BCUT2D eigenvalue weighted by Gasteiger charge is 2.20. The van der Waals surface area contributed by atoms with Crippen LogP contribution in [0, 0.1) is 0 Å². The van der Waals surface area contributed by atoms with Gasteiger partial charge in [0.1, 0.15) is 5.82 Å². The molecule has 4 aromatic rings. The van der Waals surface area contributed by atoms with Gasteiger partial charge in [0.05, 0.1) is 17.9 Å². The van der Waals surface area contributed by atoms with E-state index >= 15 is 0 Å². The van der Waals surface area contributed by atoms with E-state index in [1.807, 2.05) is 66.7 Å². The average Bonchev–Trinajstić information content (AvgIpc) is 3.17. The third-order valence-corrected chi connectivity index (χ3v) is 5.11. The number of hydrogen-bond acceptors (Lipinski definition) is 2. The van der Waals surface area contributed by atoms with E-state index < -0.39 is 0 Å². The number of aromatic nitrogens is 2. The quantitative estimate of drug-likeness (QED) is 0.421. The smallest absolute Gasteiger partial charge is 0.246 e. The van der Waals surface area contributed by atoms with E-state index in [-0.39, 0.29) is 5.91 Å². The molecular formula is C27H25N3O. The van der Waals surface area contributed by atoms with Crippen LogP contribution in [0.5, 0.6) is 0 Å². The molecule has 4 rings (SSSR count). The van der Waals surface area contributed by atoms with Crippen molar-refractivity contribution in [2.75, 3.05) is 0 Å². The summed E-state index contributed by atoms with van der Waals surface area (Å²) >= 11 is 0. The second kappa shape index (κ2) is 9.26. The predicted octanol–water partition coefficient (Wildman–Crippen LogP) is 5.32. The fourth-order valence-corrected chi connectivity index (χ4v) is 3.59. The van der Waals surface area contributed by atoms with Crippen LogP contribution in [0.1, 0.15) is 24.0 Å². The Kier molecular flexibility index (Phi) is 6.08. The van der Waals surface area contributed by atoms with Crippen molar-refractivity contribution >= 4 is 5.91 Å². The van der Waals surface area contributed by atoms with Crippen LogP contribution >= 0.6 is 0 Å². The van der Waals surface area contributed by atoms with Crippen LogP contribution in [0.2, 0.25) is 0 Å². The number of rotatable bonds is 7. The highest BCUT2D eigenvalue weighted by molar-refractivity contribution is 5.92. The van der Waals surface area contributed by atoms with Crippen LogP contribution in [0.15, 0.2) is 103 Å². The van der Waals surface area contributed by atoms with Crippen LogP contribution in [0.25, 0.3) is 16.9 Å². The number of hydrogen-bond donors (Lipinski definition) is 1. The Labute approximate surface area is 182 Å². The fourth-order valence-electron chi connectivity index (χ4n) is 3.59. The van der Waals surface area contributed by atoms with Gasteiger partial charge in [-0.15, -0.1) is 0 Å². The van der Waals surface area contributed by atoms with Crippen LogP contribution in [-0.4, -0.2) is 15.5 Å². The van der Waals surface area contributed by atoms with E-state index in [0.29, 0.717) is 18.5 Å². The zero-order valence-corrected chi connectivity index (χ0v) is 17.6. The summed E-state index contributed by atoms with van der Waals surface area (Å²) in [7, 11) is 0. The Morgan fingerprint density at radius 2 is 1.48 bits per heavy atom. The lowest BCUT2D eigenvalue weighted by Crippen LogP contribution is -2.25. The van der Waals surface area contributed by atoms with Gasteiger partial charge in [-0.05, 0) is 24.6 Å². The molecule has 0 spiro atoms. The topological polar surface area (TPSA) is 46.9 Å². The first kappa shape index (κ1) is 20.4. The minimum atomic E-state index is -0.163. The first-order chi connectivity index (χ1) is 15.1. The number of nitrogens with zero attached hydrogens (tertiary/aromatic N) is 2. The van der Waals surface area contributed by atoms with E-state index in [9.17, 15) is 4.79 Å². The molecule has 31 heavy (non-hydrogen) atoms. The molecule has 0 unspecified atom stereocenters. The van der Waals surface area contributed by atoms with Crippen LogP contribution < -0.4 is 5.32 Å². The molecule has 0 atom stereocenters. The maximum atomic E-state index is 12.3. The van der Waals surface area contributed by atoms with E-state index in [1.165, 1.54) is 5.56 Å². The zero-order valence-electron chi connectivity index (χ0n) is 17.6. The summed E-state index contributed by atoms with van der Waals surface area (Å²) in [4.78, 5) is 17.3.